The topological polar surface area (TPSA) is 26.3 Å². The molecule has 0 bridgehead atoms. The molecule has 2 heteroatoms. The SMILES string of the molecule is CCCCCCCCC=CC(=O)OCC(CCCC)CCCCCC. The van der Waals surface area contributed by atoms with Crippen LogP contribution in [-0.2, 0) is 9.53 Å². The van der Waals surface area contributed by atoms with E-state index in [-0.39, 0.29) is 5.97 Å². The predicted octanol–water partition coefficient (Wildman–Crippen LogP) is 7.61. The van der Waals surface area contributed by atoms with Crippen molar-refractivity contribution in [2.24, 2.45) is 5.92 Å². The molecule has 0 aliphatic heterocycles. The summed E-state index contributed by atoms with van der Waals surface area (Å²) in [5, 5.41) is 0. The van der Waals surface area contributed by atoms with E-state index in [9.17, 15) is 4.79 Å². The second-order valence-corrected chi connectivity index (χ2v) is 7.45. The standard InChI is InChI=1S/C23H44O2/c1-4-7-10-12-13-14-15-17-20-23(24)25-21-22(18-9-6-3)19-16-11-8-5-2/h17,20,22H,4-16,18-19,21H2,1-3H3. The monoisotopic (exact) mass is 352 g/mol. The minimum Gasteiger partial charge on any atom is -0.462 e. The fraction of sp³-hybridized carbons (Fsp3) is 0.870. The maximum absolute atomic E-state index is 11.9. The lowest BCUT2D eigenvalue weighted by molar-refractivity contribution is -0.139. The van der Waals surface area contributed by atoms with Gasteiger partial charge in [-0.1, -0.05) is 97.5 Å². The van der Waals surface area contributed by atoms with Crippen molar-refractivity contribution >= 4 is 5.97 Å². The first-order valence-corrected chi connectivity index (χ1v) is 11.1. The lowest BCUT2D eigenvalue weighted by Crippen LogP contribution is -2.13. The summed E-state index contributed by atoms with van der Waals surface area (Å²) < 4.78 is 5.49. The first-order valence-electron chi connectivity index (χ1n) is 11.1. The number of carbonyl (C=O) groups is 1. The van der Waals surface area contributed by atoms with Gasteiger partial charge < -0.3 is 4.74 Å². The van der Waals surface area contributed by atoms with Crippen LogP contribution in [0.4, 0.5) is 0 Å². The second kappa shape index (κ2) is 19.5. The van der Waals surface area contributed by atoms with E-state index in [1.165, 1.54) is 89.9 Å². The lowest BCUT2D eigenvalue weighted by atomic mass is 9.96. The van der Waals surface area contributed by atoms with Gasteiger partial charge in [0.2, 0.25) is 0 Å². The molecule has 0 saturated carbocycles. The molecule has 0 saturated heterocycles. The van der Waals surface area contributed by atoms with Crippen LogP contribution in [0.1, 0.15) is 117 Å². The van der Waals surface area contributed by atoms with E-state index in [0.717, 1.165) is 6.42 Å². The molecule has 1 atom stereocenters. The number of allylic oxidation sites excluding steroid dienone is 1. The van der Waals surface area contributed by atoms with Gasteiger partial charge in [0, 0.05) is 6.08 Å². The predicted molar refractivity (Wildman–Crippen MR) is 110 cm³/mol. The Kier molecular flexibility index (Phi) is 18.9. The van der Waals surface area contributed by atoms with E-state index in [0.29, 0.717) is 12.5 Å². The summed E-state index contributed by atoms with van der Waals surface area (Å²) in [5.41, 5.74) is 0. The van der Waals surface area contributed by atoms with Crippen LogP contribution in [0.25, 0.3) is 0 Å². The van der Waals surface area contributed by atoms with E-state index < -0.39 is 0 Å². The molecule has 0 heterocycles. The number of hydrogen-bond acceptors (Lipinski definition) is 2. The smallest absolute Gasteiger partial charge is 0.330 e. The molecule has 0 spiro atoms. The summed E-state index contributed by atoms with van der Waals surface area (Å²) >= 11 is 0. The molecule has 0 aliphatic rings. The molecule has 0 amide bonds. The Morgan fingerprint density at radius 1 is 0.760 bits per heavy atom. The Balaban J connectivity index is 3.81. The zero-order valence-electron chi connectivity index (χ0n) is 17.4. The van der Waals surface area contributed by atoms with Crippen LogP contribution in [0.3, 0.4) is 0 Å². The highest BCUT2D eigenvalue weighted by Gasteiger charge is 2.10. The Hall–Kier alpha value is -0.790. The average molecular weight is 353 g/mol. The van der Waals surface area contributed by atoms with Gasteiger partial charge in [-0.25, -0.2) is 4.79 Å². The number of carbonyl (C=O) groups excluding carboxylic acids is 1. The molecule has 0 aromatic rings. The maximum atomic E-state index is 11.9. The third-order valence-corrected chi connectivity index (χ3v) is 4.87. The molecule has 148 valence electrons. The highest BCUT2D eigenvalue weighted by atomic mass is 16.5. The van der Waals surface area contributed by atoms with E-state index in [1.807, 2.05) is 6.08 Å². The molecule has 25 heavy (non-hydrogen) atoms. The molecule has 1 unspecified atom stereocenters. The van der Waals surface area contributed by atoms with Crippen LogP contribution in [0, 0.1) is 5.92 Å². The number of unbranched alkanes of at least 4 members (excludes halogenated alkanes) is 10. The Morgan fingerprint density at radius 2 is 1.32 bits per heavy atom. The number of hydrogen-bond donors (Lipinski definition) is 0. The van der Waals surface area contributed by atoms with E-state index in [1.54, 1.807) is 6.08 Å². The summed E-state index contributed by atoms with van der Waals surface area (Å²) in [6.07, 6.45) is 22.4. The van der Waals surface area contributed by atoms with Crippen molar-refractivity contribution in [3.05, 3.63) is 12.2 Å². The normalized spacial score (nSPS) is 12.6. The summed E-state index contributed by atoms with van der Waals surface area (Å²) in [6, 6.07) is 0. The van der Waals surface area contributed by atoms with Crippen molar-refractivity contribution in [2.75, 3.05) is 6.61 Å². The zero-order chi connectivity index (χ0) is 18.6. The van der Waals surface area contributed by atoms with Gasteiger partial charge in [-0.05, 0) is 31.6 Å². The minimum absolute atomic E-state index is 0.152. The quantitative estimate of drug-likeness (QED) is 0.144. The van der Waals surface area contributed by atoms with Crippen molar-refractivity contribution in [3.63, 3.8) is 0 Å². The van der Waals surface area contributed by atoms with Crippen LogP contribution in [0.5, 0.6) is 0 Å². The fourth-order valence-corrected chi connectivity index (χ4v) is 3.13. The molecule has 0 N–H and O–H groups in total. The Bertz CT molecular complexity index is 309. The molecule has 0 radical (unpaired) electrons. The molecule has 0 aromatic heterocycles. The van der Waals surface area contributed by atoms with Crippen molar-refractivity contribution in [3.8, 4) is 0 Å². The van der Waals surface area contributed by atoms with Gasteiger partial charge in [0.25, 0.3) is 0 Å². The van der Waals surface area contributed by atoms with Crippen LogP contribution in [0.15, 0.2) is 12.2 Å². The highest BCUT2D eigenvalue weighted by Crippen LogP contribution is 2.18. The molecular formula is C23H44O2. The summed E-state index contributed by atoms with van der Waals surface area (Å²) in [7, 11) is 0. The molecule has 0 rings (SSSR count). The zero-order valence-corrected chi connectivity index (χ0v) is 17.4. The van der Waals surface area contributed by atoms with Crippen LogP contribution < -0.4 is 0 Å². The van der Waals surface area contributed by atoms with Crippen LogP contribution in [-0.4, -0.2) is 12.6 Å². The van der Waals surface area contributed by atoms with E-state index in [2.05, 4.69) is 20.8 Å². The summed E-state index contributed by atoms with van der Waals surface area (Å²) in [5.74, 6) is 0.397. The Morgan fingerprint density at radius 3 is 2.00 bits per heavy atom. The lowest BCUT2D eigenvalue weighted by Gasteiger charge is -2.16. The van der Waals surface area contributed by atoms with Crippen molar-refractivity contribution < 1.29 is 9.53 Å². The van der Waals surface area contributed by atoms with Gasteiger partial charge in [0.05, 0.1) is 6.61 Å². The number of esters is 1. The summed E-state index contributed by atoms with van der Waals surface area (Å²) in [4.78, 5) is 11.9. The molecule has 0 aliphatic carbocycles. The first-order chi connectivity index (χ1) is 12.2. The number of ether oxygens (including phenoxy) is 1. The molecule has 0 fully saturated rings. The van der Waals surface area contributed by atoms with Gasteiger partial charge in [0.15, 0.2) is 0 Å². The van der Waals surface area contributed by atoms with Gasteiger partial charge in [0.1, 0.15) is 0 Å². The van der Waals surface area contributed by atoms with Gasteiger partial charge in [-0.2, -0.15) is 0 Å². The minimum atomic E-state index is -0.152. The van der Waals surface area contributed by atoms with E-state index >= 15 is 0 Å². The highest BCUT2D eigenvalue weighted by molar-refractivity contribution is 5.81. The van der Waals surface area contributed by atoms with Gasteiger partial charge >= 0.3 is 5.97 Å². The van der Waals surface area contributed by atoms with Crippen LogP contribution in [0.2, 0.25) is 0 Å². The molecular weight excluding hydrogens is 308 g/mol. The third kappa shape index (κ3) is 17.8. The third-order valence-electron chi connectivity index (χ3n) is 4.87. The van der Waals surface area contributed by atoms with Crippen LogP contribution >= 0.6 is 0 Å². The molecule has 2 nitrogen and oxygen atoms in total. The second-order valence-electron chi connectivity index (χ2n) is 7.45. The number of rotatable bonds is 18. The Labute approximate surface area is 157 Å². The van der Waals surface area contributed by atoms with Gasteiger partial charge in [-0.3, -0.25) is 0 Å². The van der Waals surface area contributed by atoms with Crippen molar-refractivity contribution in [2.45, 2.75) is 117 Å². The molecule has 0 aromatic carbocycles. The average Bonchev–Trinajstić information content (AvgIpc) is 2.62. The first kappa shape index (κ1) is 24.2. The largest absolute Gasteiger partial charge is 0.462 e. The van der Waals surface area contributed by atoms with Crippen molar-refractivity contribution in [1.82, 2.24) is 0 Å². The fourth-order valence-electron chi connectivity index (χ4n) is 3.13. The summed E-state index contributed by atoms with van der Waals surface area (Å²) in [6.45, 7) is 7.32. The maximum Gasteiger partial charge on any atom is 0.330 e. The van der Waals surface area contributed by atoms with E-state index in [4.69, 9.17) is 4.74 Å². The van der Waals surface area contributed by atoms with Crippen molar-refractivity contribution in [1.29, 1.82) is 0 Å². The van der Waals surface area contributed by atoms with Gasteiger partial charge in [-0.15, -0.1) is 0 Å².